The molecular weight excluding hydrogens is 320 g/mol. The molecule has 126 valence electrons. The molecule has 1 amide bonds. The van der Waals surface area contributed by atoms with Crippen molar-refractivity contribution in [3.8, 4) is 0 Å². The van der Waals surface area contributed by atoms with Gasteiger partial charge in [0.15, 0.2) is 0 Å². The number of carbonyl (C=O) groups excluding carboxylic acids is 1. The molecule has 4 nitrogen and oxygen atoms in total. The molecule has 1 atom stereocenters. The Hall–Kier alpha value is -2.14. The van der Waals surface area contributed by atoms with Crippen molar-refractivity contribution in [1.82, 2.24) is 4.90 Å². The summed E-state index contributed by atoms with van der Waals surface area (Å²) >= 11 is 0. The van der Waals surface area contributed by atoms with Crippen LogP contribution >= 0.6 is 0 Å². The number of anilines is 1. The molecule has 0 bridgehead atoms. The van der Waals surface area contributed by atoms with Crippen LogP contribution in [0.15, 0.2) is 59.8 Å². The van der Waals surface area contributed by atoms with Gasteiger partial charge in [0.2, 0.25) is 5.91 Å². The first kappa shape index (κ1) is 16.7. The quantitative estimate of drug-likeness (QED) is 0.826. The van der Waals surface area contributed by atoms with E-state index in [4.69, 9.17) is 0 Å². The summed E-state index contributed by atoms with van der Waals surface area (Å²) in [5.41, 5.74) is 4.78. The summed E-state index contributed by atoms with van der Waals surface area (Å²) in [4.78, 5) is 15.5. The molecule has 0 fully saturated rings. The largest absolute Gasteiger partial charge is 0.348 e. The second kappa shape index (κ2) is 7.18. The predicted molar refractivity (Wildman–Crippen MR) is 99.1 cm³/mol. The molecular formula is C19H22N2O2S. The second-order valence-electron chi connectivity index (χ2n) is 6.25. The van der Waals surface area contributed by atoms with Gasteiger partial charge < -0.3 is 9.80 Å². The normalized spacial score (nSPS) is 17.2. The zero-order valence-electron chi connectivity index (χ0n) is 14.1. The van der Waals surface area contributed by atoms with Gasteiger partial charge in [-0.3, -0.25) is 9.00 Å². The molecule has 2 aliphatic rings. The van der Waals surface area contributed by atoms with Crippen molar-refractivity contribution < 1.29 is 9.00 Å². The number of rotatable bonds is 5. The molecule has 3 rings (SSSR count). The van der Waals surface area contributed by atoms with E-state index in [1.807, 2.05) is 18.2 Å². The summed E-state index contributed by atoms with van der Waals surface area (Å²) < 4.78 is 12.4. The lowest BCUT2D eigenvalue weighted by Crippen LogP contribution is -2.27. The number of fused-ring (bicyclic) bond motifs is 1. The van der Waals surface area contributed by atoms with E-state index in [9.17, 15) is 9.00 Å². The van der Waals surface area contributed by atoms with Crippen LogP contribution in [0.4, 0.5) is 5.69 Å². The van der Waals surface area contributed by atoms with Crippen molar-refractivity contribution >= 4 is 22.4 Å². The molecule has 0 saturated heterocycles. The molecule has 1 aromatic carbocycles. The highest BCUT2D eigenvalue weighted by Gasteiger charge is 2.22. The van der Waals surface area contributed by atoms with E-state index in [0.29, 0.717) is 5.75 Å². The van der Waals surface area contributed by atoms with Crippen LogP contribution in [-0.4, -0.2) is 41.4 Å². The van der Waals surface area contributed by atoms with E-state index in [-0.39, 0.29) is 11.7 Å². The molecule has 1 unspecified atom stereocenters. The Morgan fingerprint density at radius 3 is 2.79 bits per heavy atom. The third-order valence-electron chi connectivity index (χ3n) is 4.24. The van der Waals surface area contributed by atoms with Crippen molar-refractivity contribution in [1.29, 1.82) is 0 Å². The van der Waals surface area contributed by atoms with Gasteiger partial charge in [-0.25, -0.2) is 0 Å². The third kappa shape index (κ3) is 3.67. The Bertz CT molecular complexity index is 762. The van der Waals surface area contributed by atoms with Crippen LogP contribution in [0.1, 0.15) is 12.0 Å². The minimum atomic E-state index is -1.21. The van der Waals surface area contributed by atoms with E-state index in [1.54, 1.807) is 14.1 Å². The summed E-state index contributed by atoms with van der Waals surface area (Å²) in [6, 6.07) is 8.02. The van der Waals surface area contributed by atoms with Crippen LogP contribution in [0.5, 0.6) is 0 Å². The van der Waals surface area contributed by atoms with Crippen molar-refractivity contribution in [3.05, 3.63) is 65.4 Å². The minimum absolute atomic E-state index is 0.0670. The molecule has 0 spiro atoms. The Morgan fingerprint density at radius 1 is 1.25 bits per heavy atom. The van der Waals surface area contributed by atoms with Gasteiger partial charge in [0.05, 0.1) is 5.75 Å². The first-order valence-electron chi connectivity index (χ1n) is 8.01. The summed E-state index contributed by atoms with van der Waals surface area (Å²) in [5, 5.41) is 0. The number of hydrogen-bond acceptors (Lipinski definition) is 3. The van der Waals surface area contributed by atoms with Crippen LogP contribution in [0.3, 0.4) is 0 Å². The fourth-order valence-electron chi connectivity index (χ4n) is 2.88. The van der Waals surface area contributed by atoms with Crippen LogP contribution in [0.2, 0.25) is 0 Å². The molecule has 0 saturated carbocycles. The summed E-state index contributed by atoms with van der Waals surface area (Å²) in [6.45, 7) is 0.847. The summed E-state index contributed by atoms with van der Waals surface area (Å²) in [7, 11) is 2.17. The fraction of sp³-hybridized carbons (Fsp3) is 0.316. The number of allylic oxidation sites excluding steroid dienone is 3. The summed E-state index contributed by atoms with van der Waals surface area (Å²) in [6.07, 6.45) is 9.57. The van der Waals surface area contributed by atoms with Gasteiger partial charge in [-0.1, -0.05) is 36.4 Å². The number of carbonyl (C=O) groups is 1. The fourth-order valence-corrected chi connectivity index (χ4v) is 4.11. The maximum absolute atomic E-state index is 12.4. The molecule has 0 aromatic heterocycles. The van der Waals surface area contributed by atoms with E-state index in [2.05, 4.69) is 35.4 Å². The van der Waals surface area contributed by atoms with E-state index >= 15 is 0 Å². The van der Waals surface area contributed by atoms with Gasteiger partial charge in [0, 0.05) is 43.3 Å². The van der Waals surface area contributed by atoms with Crippen molar-refractivity contribution in [3.63, 3.8) is 0 Å². The van der Waals surface area contributed by atoms with Crippen LogP contribution in [0.25, 0.3) is 0 Å². The Balaban J connectivity index is 1.76. The zero-order chi connectivity index (χ0) is 17.1. The van der Waals surface area contributed by atoms with E-state index in [1.165, 1.54) is 16.0 Å². The highest BCUT2D eigenvalue weighted by atomic mass is 32.2. The van der Waals surface area contributed by atoms with Crippen LogP contribution < -0.4 is 4.90 Å². The number of para-hydroxylation sites is 1. The topological polar surface area (TPSA) is 40.6 Å². The SMILES string of the molecule is CN(C)C(=O)CS(=O)Cc1ccccc1N1C=C2CC=CC=C2C1. The molecule has 24 heavy (non-hydrogen) atoms. The minimum Gasteiger partial charge on any atom is -0.348 e. The van der Waals surface area contributed by atoms with Gasteiger partial charge >= 0.3 is 0 Å². The number of benzene rings is 1. The predicted octanol–water partition coefficient (Wildman–Crippen LogP) is 2.61. The first-order chi connectivity index (χ1) is 11.5. The molecule has 1 aliphatic carbocycles. The molecule has 0 radical (unpaired) electrons. The maximum Gasteiger partial charge on any atom is 0.234 e. The lowest BCUT2D eigenvalue weighted by atomic mass is 10.0. The average molecular weight is 342 g/mol. The standard InChI is InChI=1S/C19H22N2O2S/c1-20(2)19(22)14-24(23)13-17-9-5-6-10-18(17)21-11-15-7-3-4-8-16(15)12-21/h3-7,9-10,12H,8,11,13-14H2,1-2H3. The van der Waals surface area contributed by atoms with Crippen LogP contribution in [0, 0.1) is 0 Å². The number of amides is 1. The Kier molecular flexibility index (Phi) is 5.00. The molecule has 5 heteroatoms. The van der Waals surface area contributed by atoms with Gasteiger partial charge in [0.1, 0.15) is 5.75 Å². The highest BCUT2D eigenvalue weighted by molar-refractivity contribution is 7.84. The van der Waals surface area contributed by atoms with Gasteiger partial charge in [-0.2, -0.15) is 0 Å². The Labute approximate surface area is 145 Å². The molecule has 1 aliphatic heterocycles. The molecule has 0 N–H and O–H groups in total. The monoisotopic (exact) mass is 342 g/mol. The van der Waals surface area contributed by atoms with Gasteiger partial charge in [0.25, 0.3) is 0 Å². The highest BCUT2D eigenvalue weighted by Crippen LogP contribution is 2.32. The maximum atomic E-state index is 12.4. The lowest BCUT2D eigenvalue weighted by Gasteiger charge is -2.20. The summed E-state index contributed by atoms with van der Waals surface area (Å²) in [5.74, 6) is 0.362. The van der Waals surface area contributed by atoms with Crippen molar-refractivity contribution in [2.75, 3.05) is 31.3 Å². The van der Waals surface area contributed by atoms with Gasteiger partial charge in [-0.15, -0.1) is 0 Å². The third-order valence-corrected chi connectivity index (χ3v) is 5.44. The van der Waals surface area contributed by atoms with Crippen molar-refractivity contribution in [2.24, 2.45) is 0 Å². The molecule has 1 heterocycles. The first-order valence-corrected chi connectivity index (χ1v) is 9.50. The average Bonchev–Trinajstić information content (AvgIpc) is 2.98. The van der Waals surface area contributed by atoms with Crippen molar-refractivity contribution in [2.45, 2.75) is 12.2 Å². The van der Waals surface area contributed by atoms with Gasteiger partial charge in [-0.05, 0) is 29.2 Å². The number of hydrogen-bond donors (Lipinski definition) is 0. The molecule has 1 aromatic rings. The number of nitrogens with zero attached hydrogens (tertiary/aromatic N) is 2. The van der Waals surface area contributed by atoms with E-state index < -0.39 is 10.8 Å². The lowest BCUT2D eigenvalue weighted by molar-refractivity contribution is -0.125. The second-order valence-corrected chi connectivity index (χ2v) is 7.71. The Morgan fingerprint density at radius 2 is 2.04 bits per heavy atom. The van der Waals surface area contributed by atoms with E-state index in [0.717, 1.165) is 24.2 Å². The zero-order valence-corrected chi connectivity index (χ0v) is 14.9. The smallest absolute Gasteiger partial charge is 0.234 e. The van der Waals surface area contributed by atoms with Crippen LogP contribution in [-0.2, 0) is 21.3 Å².